The Kier molecular flexibility index (Phi) is 15.4. The van der Waals surface area contributed by atoms with Crippen LogP contribution in [0.4, 0.5) is 11.4 Å². The number of likely N-dealkylation sites (tertiary alicyclic amines) is 2. The highest BCUT2D eigenvalue weighted by atomic mass is 16.7. The van der Waals surface area contributed by atoms with Crippen molar-refractivity contribution in [3.8, 4) is 23.3 Å². The van der Waals surface area contributed by atoms with Gasteiger partial charge in [0.05, 0.1) is 17.4 Å². The van der Waals surface area contributed by atoms with E-state index in [2.05, 4.69) is 24.5 Å². The summed E-state index contributed by atoms with van der Waals surface area (Å²) in [7, 11) is 0. The van der Waals surface area contributed by atoms with Crippen molar-refractivity contribution in [3.05, 3.63) is 117 Å². The lowest BCUT2D eigenvalue weighted by Crippen LogP contribution is -2.52. The first-order chi connectivity index (χ1) is 30.7. The zero-order valence-corrected chi connectivity index (χ0v) is 37.7. The van der Waals surface area contributed by atoms with Crippen molar-refractivity contribution in [1.82, 2.24) is 14.9 Å². The van der Waals surface area contributed by atoms with Crippen LogP contribution in [0.2, 0.25) is 0 Å². The van der Waals surface area contributed by atoms with Crippen molar-refractivity contribution < 1.29 is 33.5 Å². The number of unbranched alkanes of at least 4 members (excludes halogenated alkanes) is 1. The minimum Gasteiger partial charge on any atom is -0.489 e. The Morgan fingerprint density at radius 1 is 0.828 bits per heavy atom. The summed E-state index contributed by atoms with van der Waals surface area (Å²) in [6.07, 6.45) is 12.3. The van der Waals surface area contributed by atoms with Gasteiger partial charge in [0.25, 0.3) is 11.8 Å². The number of hydrogen-bond acceptors (Lipinski definition) is 10. The van der Waals surface area contributed by atoms with E-state index in [1.54, 1.807) is 16.0 Å². The van der Waals surface area contributed by atoms with Gasteiger partial charge < -0.3 is 29.8 Å². The van der Waals surface area contributed by atoms with E-state index in [0.717, 1.165) is 74.5 Å². The fourth-order valence-electron chi connectivity index (χ4n) is 7.88. The van der Waals surface area contributed by atoms with Crippen LogP contribution in [0, 0.1) is 39.5 Å². The van der Waals surface area contributed by atoms with Gasteiger partial charge in [-0.2, -0.15) is 0 Å². The van der Waals surface area contributed by atoms with Crippen LogP contribution in [0.25, 0.3) is 0 Å². The second-order valence-corrected chi connectivity index (χ2v) is 16.7. The van der Waals surface area contributed by atoms with Gasteiger partial charge in [0.2, 0.25) is 12.8 Å². The Labute approximate surface area is 376 Å². The lowest BCUT2D eigenvalue weighted by molar-refractivity contribution is -0.177. The number of amides is 4. The number of nitrogens with zero attached hydrogens (tertiary/aromatic N) is 5. The molecule has 2 unspecified atom stereocenters. The summed E-state index contributed by atoms with van der Waals surface area (Å²) in [6.45, 7) is 17.3. The predicted molar refractivity (Wildman–Crippen MR) is 248 cm³/mol. The molecule has 0 aliphatic carbocycles. The van der Waals surface area contributed by atoms with E-state index in [4.69, 9.17) is 30.0 Å². The van der Waals surface area contributed by atoms with Crippen LogP contribution < -0.4 is 15.2 Å². The lowest BCUT2D eigenvalue weighted by Gasteiger charge is -2.27. The summed E-state index contributed by atoms with van der Waals surface area (Å²) in [4.78, 5) is 65.7. The molecule has 3 aliphatic heterocycles. The Morgan fingerprint density at radius 2 is 1.44 bits per heavy atom. The molecule has 3 aliphatic rings. The van der Waals surface area contributed by atoms with Crippen molar-refractivity contribution in [1.29, 1.82) is 0 Å². The van der Waals surface area contributed by atoms with Crippen molar-refractivity contribution in [2.24, 2.45) is 15.7 Å². The van der Waals surface area contributed by atoms with Crippen LogP contribution in [0.15, 0.2) is 88.1 Å². The molecule has 3 fully saturated rings. The van der Waals surface area contributed by atoms with Crippen LogP contribution in [-0.2, 0) is 37.2 Å². The molecule has 0 radical (unpaired) electrons. The first-order valence-electron chi connectivity index (χ1n) is 21.6. The van der Waals surface area contributed by atoms with Crippen molar-refractivity contribution in [2.45, 2.75) is 111 Å². The van der Waals surface area contributed by atoms with E-state index in [0.29, 0.717) is 61.7 Å². The molecule has 2 atom stereocenters. The maximum atomic E-state index is 11.9. The first-order valence-corrected chi connectivity index (χ1v) is 21.6. The third-order valence-electron chi connectivity index (χ3n) is 11.6. The summed E-state index contributed by atoms with van der Waals surface area (Å²) < 4.78 is 12.9. The van der Waals surface area contributed by atoms with Crippen molar-refractivity contribution in [2.75, 3.05) is 13.1 Å². The number of aryl methyl sites for hydroxylation is 4. The molecular formula is C51H58N6O7. The van der Waals surface area contributed by atoms with Gasteiger partial charge in [0.1, 0.15) is 36.1 Å². The molecule has 0 saturated carbocycles. The zero-order valence-electron chi connectivity index (χ0n) is 37.7. The minimum atomic E-state index is -1.02. The molecule has 0 aromatic heterocycles. The summed E-state index contributed by atoms with van der Waals surface area (Å²) in [5, 5.41) is 0.801. The molecule has 64 heavy (non-hydrogen) atoms. The zero-order chi connectivity index (χ0) is 46.0. The number of hydroxylamine groups is 2. The van der Waals surface area contributed by atoms with Crippen LogP contribution in [0.1, 0.15) is 97.7 Å². The van der Waals surface area contributed by atoms with E-state index in [1.807, 2.05) is 96.3 Å². The average molecular weight is 867 g/mol. The number of nitrogens with two attached hydrogens (primary N) is 1. The Morgan fingerprint density at radius 3 is 2.02 bits per heavy atom. The van der Waals surface area contributed by atoms with E-state index in [9.17, 15) is 19.2 Å². The Balaban J connectivity index is 1.19. The largest absolute Gasteiger partial charge is 0.489 e. The quantitative estimate of drug-likeness (QED) is 0.0271. The van der Waals surface area contributed by atoms with Crippen LogP contribution in [0.3, 0.4) is 0 Å². The number of rotatable bonds is 17. The maximum absolute atomic E-state index is 11.9. The normalized spacial score (nSPS) is 19.9. The van der Waals surface area contributed by atoms with Crippen molar-refractivity contribution in [3.63, 3.8) is 0 Å². The number of carbonyl (C=O) groups excluding carboxylic acids is 4. The number of aliphatic imine (C=N–C) groups is 2. The van der Waals surface area contributed by atoms with Gasteiger partial charge in [-0.1, -0.05) is 53.9 Å². The SMILES string of the molecule is C=C(CCCC#Cc1cc(COc2cc(N=CC3C/C(=C\C)CN3C=O)c(C)cc2C)cc(COc2cc(N=CC3(N)C/C(=C\C)CN3C=O)c(C)cc2C)c1)ON1C(=O)CCC1=O. The molecule has 3 aromatic carbocycles. The van der Waals surface area contributed by atoms with Gasteiger partial charge in [0.15, 0.2) is 0 Å². The number of benzene rings is 3. The molecule has 13 nitrogen and oxygen atoms in total. The number of imide groups is 1. The van der Waals surface area contributed by atoms with Crippen LogP contribution in [0.5, 0.6) is 11.5 Å². The van der Waals surface area contributed by atoms with Gasteiger partial charge in [-0.3, -0.25) is 29.2 Å². The van der Waals surface area contributed by atoms with Gasteiger partial charge in [0, 0.05) is 75.3 Å². The predicted octanol–water partition coefficient (Wildman–Crippen LogP) is 8.24. The molecule has 4 amide bonds. The van der Waals surface area contributed by atoms with Gasteiger partial charge >= 0.3 is 0 Å². The molecule has 2 N–H and O–H groups in total. The molecule has 13 heteroatoms. The Bertz CT molecular complexity index is 2480. The third kappa shape index (κ3) is 11.6. The topological polar surface area (TPSA) is 156 Å². The fraction of sp³-hybridized carbons (Fsp3) is 0.373. The standard InChI is InChI=1S/C51H58N6O7/c1-8-39-22-44(55(27-39)32-58)26-53-45-23-47(36(5)17-34(45)3)62-29-42-19-41(14-12-10-11-13-38(7)64-57-49(60)15-16-50(57)61)20-43(21-42)30-63-48-24-46(35(4)18-37(48)6)54-31-51(52)25-40(9-2)28-56(51)33-59/h8-9,17-21,23-24,26,31-33,44H,7,10-11,13,15-16,22,25,27-30,52H2,1-6H3/b39-8+,40-9+,53-26?,54-31?. The molecular weight excluding hydrogens is 809 g/mol. The molecule has 334 valence electrons. The maximum Gasteiger partial charge on any atom is 0.263 e. The van der Waals surface area contributed by atoms with Crippen LogP contribution >= 0.6 is 0 Å². The lowest BCUT2D eigenvalue weighted by atomic mass is 10.1. The highest BCUT2D eigenvalue weighted by molar-refractivity contribution is 6.00. The van der Waals surface area contributed by atoms with E-state index >= 15 is 0 Å². The number of allylic oxidation sites excluding steroid dienone is 3. The third-order valence-corrected chi connectivity index (χ3v) is 11.6. The second kappa shape index (κ2) is 21.1. The molecule has 6 rings (SSSR count). The summed E-state index contributed by atoms with van der Waals surface area (Å²) in [5.41, 5.74) is 15.8. The molecule has 0 spiro atoms. The highest BCUT2D eigenvalue weighted by Gasteiger charge is 2.37. The minimum absolute atomic E-state index is 0.101. The summed E-state index contributed by atoms with van der Waals surface area (Å²) in [6, 6.07) is 13.8. The summed E-state index contributed by atoms with van der Waals surface area (Å²) in [5.74, 6) is 7.50. The van der Waals surface area contributed by atoms with Gasteiger partial charge in [-0.05, 0) is 106 Å². The van der Waals surface area contributed by atoms with Gasteiger partial charge in [-0.25, -0.2) is 0 Å². The molecule has 0 bridgehead atoms. The monoisotopic (exact) mass is 866 g/mol. The molecule has 3 heterocycles. The summed E-state index contributed by atoms with van der Waals surface area (Å²) >= 11 is 0. The van der Waals surface area contributed by atoms with Gasteiger partial charge in [-0.15, -0.1) is 5.06 Å². The first kappa shape index (κ1) is 46.7. The van der Waals surface area contributed by atoms with E-state index in [-0.39, 0.29) is 43.9 Å². The second-order valence-electron chi connectivity index (χ2n) is 16.7. The highest BCUT2D eigenvalue weighted by Crippen LogP contribution is 2.33. The van der Waals surface area contributed by atoms with E-state index in [1.165, 1.54) is 5.57 Å². The Hall–Kier alpha value is -6.78. The van der Waals surface area contributed by atoms with Crippen molar-refractivity contribution >= 4 is 48.4 Å². The molecule has 3 aromatic rings. The number of hydrogen-bond donors (Lipinski definition) is 1. The smallest absolute Gasteiger partial charge is 0.263 e. The van der Waals surface area contributed by atoms with E-state index < -0.39 is 5.66 Å². The van der Waals surface area contributed by atoms with Crippen LogP contribution in [-0.4, -0.2) is 76.7 Å². The number of carbonyl (C=O) groups is 4. The fourth-order valence-corrected chi connectivity index (χ4v) is 7.88. The average Bonchev–Trinajstić information content (AvgIpc) is 3.95. The molecule has 3 saturated heterocycles. The number of ether oxygens (including phenoxy) is 2.